The van der Waals surface area contributed by atoms with Gasteiger partial charge in [-0.15, -0.1) is 0 Å². The number of amides is 1. The van der Waals surface area contributed by atoms with Gasteiger partial charge >= 0.3 is 12.1 Å². The molecule has 0 bridgehead atoms. The average Bonchev–Trinajstić information content (AvgIpc) is 2.43. The van der Waals surface area contributed by atoms with Crippen molar-refractivity contribution in [2.75, 3.05) is 7.11 Å². The van der Waals surface area contributed by atoms with Crippen molar-refractivity contribution in [3.05, 3.63) is 35.6 Å². The summed E-state index contributed by atoms with van der Waals surface area (Å²) in [5, 5.41) is 12.4. The Kier molecular flexibility index (Phi) is 6.50. The fourth-order valence-electron chi connectivity index (χ4n) is 1.90. The van der Waals surface area contributed by atoms with E-state index >= 15 is 0 Å². The SMILES string of the molecule is COC(=O)[C@@H](O)[C@@H](Cc1cccc(F)c1)NC(=O)OC(C)(C)C. The molecule has 0 aromatic heterocycles. The van der Waals surface area contributed by atoms with Crippen molar-refractivity contribution in [2.24, 2.45) is 0 Å². The molecule has 0 aliphatic heterocycles. The number of halogens is 1. The number of methoxy groups -OCH3 is 1. The number of aliphatic hydroxyl groups is 1. The first kappa shape index (κ1) is 18.9. The van der Waals surface area contributed by atoms with E-state index in [9.17, 15) is 19.1 Å². The van der Waals surface area contributed by atoms with E-state index in [1.807, 2.05) is 0 Å². The third-order valence-corrected chi connectivity index (χ3v) is 2.87. The van der Waals surface area contributed by atoms with Gasteiger partial charge in [0.15, 0.2) is 6.10 Å². The second-order valence-electron chi connectivity index (χ2n) is 6.05. The van der Waals surface area contributed by atoms with E-state index in [1.54, 1.807) is 26.8 Å². The Hall–Kier alpha value is -2.15. The Balaban J connectivity index is 2.89. The van der Waals surface area contributed by atoms with E-state index in [4.69, 9.17) is 4.74 Å². The number of rotatable bonds is 5. The lowest BCUT2D eigenvalue weighted by Gasteiger charge is -2.25. The summed E-state index contributed by atoms with van der Waals surface area (Å²) in [5.41, 5.74) is -0.224. The molecule has 0 fully saturated rings. The molecule has 0 aliphatic carbocycles. The molecule has 0 unspecified atom stereocenters. The van der Waals surface area contributed by atoms with Crippen LogP contribution >= 0.6 is 0 Å². The molecule has 7 heteroatoms. The smallest absolute Gasteiger partial charge is 0.407 e. The highest BCUT2D eigenvalue weighted by atomic mass is 19.1. The van der Waals surface area contributed by atoms with Crippen LogP contribution in [0.2, 0.25) is 0 Å². The minimum absolute atomic E-state index is 0.0350. The summed E-state index contributed by atoms with van der Waals surface area (Å²) in [4.78, 5) is 23.4. The van der Waals surface area contributed by atoms with E-state index in [1.165, 1.54) is 18.2 Å². The topological polar surface area (TPSA) is 84.9 Å². The Morgan fingerprint density at radius 1 is 1.35 bits per heavy atom. The molecule has 0 saturated carbocycles. The lowest BCUT2D eigenvalue weighted by Crippen LogP contribution is -2.50. The van der Waals surface area contributed by atoms with Gasteiger partial charge in [0.1, 0.15) is 11.4 Å². The Bertz CT molecular complexity index is 556. The fraction of sp³-hybridized carbons (Fsp3) is 0.500. The number of alkyl carbamates (subject to hydrolysis) is 1. The molecular formula is C16H22FNO5. The zero-order valence-corrected chi connectivity index (χ0v) is 13.6. The van der Waals surface area contributed by atoms with E-state index in [0.29, 0.717) is 5.56 Å². The van der Waals surface area contributed by atoms with Crippen LogP contribution in [0.3, 0.4) is 0 Å². The van der Waals surface area contributed by atoms with Crippen molar-refractivity contribution in [2.45, 2.75) is 44.9 Å². The summed E-state index contributed by atoms with van der Waals surface area (Å²) in [6.07, 6.45) is -2.36. The maximum atomic E-state index is 13.3. The lowest BCUT2D eigenvalue weighted by atomic mass is 10.0. The molecule has 0 spiro atoms. The highest BCUT2D eigenvalue weighted by Gasteiger charge is 2.30. The molecule has 0 aliphatic rings. The van der Waals surface area contributed by atoms with Gasteiger partial charge in [-0.05, 0) is 44.9 Å². The van der Waals surface area contributed by atoms with Crippen molar-refractivity contribution in [3.8, 4) is 0 Å². The summed E-state index contributed by atoms with van der Waals surface area (Å²) < 4.78 is 22.8. The van der Waals surface area contributed by atoms with Crippen molar-refractivity contribution >= 4 is 12.1 Å². The molecule has 0 heterocycles. The van der Waals surface area contributed by atoms with Crippen molar-refractivity contribution in [3.63, 3.8) is 0 Å². The van der Waals surface area contributed by atoms with Gasteiger partial charge in [-0.25, -0.2) is 14.0 Å². The molecule has 1 aromatic carbocycles. The number of benzene rings is 1. The lowest BCUT2D eigenvalue weighted by molar-refractivity contribution is -0.151. The summed E-state index contributed by atoms with van der Waals surface area (Å²) in [6, 6.07) is 4.64. The van der Waals surface area contributed by atoms with Gasteiger partial charge in [0, 0.05) is 0 Å². The van der Waals surface area contributed by atoms with E-state index in [2.05, 4.69) is 10.1 Å². The normalized spacial score (nSPS) is 13.8. The van der Waals surface area contributed by atoms with Gasteiger partial charge in [0.25, 0.3) is 0 Å². The second kappa shape index (κ2) is 7.92. The predicted molar refractivity (Wildman–Crippen MR) is 81.3 cm³/mol. The number of ether oxygens (including phenoxy) is 2. The molecule has 23 heavy (non-hydrogen) atoms. The number of esters is 1. The molecule has 2 atom stereocenters. The van der Waals surface area contributed by atoms with Crippen molar-refractivity contribution in [1.82, 2.24) is 5.32 Å². The fourth-order valence-corrected chi connectivity index (χ4v) is 1.90. The largest absolute Gasteiger partial charge is 0.467 e. The van der Waals surface area contributed by atoms with Gasteiger partial charge in [0.2, 0.25) is 0 Å². The molecule has 128 valence electrons. The van der Waals surface area contributed by atoms with Crippen molar-refractivity contribution in [1.29, 1.82) is 0 Å². The summed E-state index contributed by atoms with van der Waals surface area (Å²) >= 11 is 0. The van der Waals surface area contributed by atoms with Crippen LogP contribution in [0.1, 0.15) is 26.3 Å². The van der Waals surface area contributed by atoms with Crippen LogP contribution in [0, 0.1) is 5.82 Å². The quantitative estimate of drug-likeness (QED) is 0.806. The van der Waals surface area contributed by atoms with Crippen LogP contribution in [-0.2, 0) is 20.7 Å². The third kappa shape index (κ3) is 6.65. The zero-order chi connectivity index (χ0) is 17.6. The van der Waals surface area contributed by atoms with E-state index in [0.717, 1.165) is 7.11 Å². The molecule has 2 N–H and O–H groups in total. The Morgan fingerprint density at radius 2 is 2.00 bits per heavy atom. The Morgan fingerprint density at radius 3 is 2.52 bits per heavy atom. The van der Waals surface area contributed by atoms with Gasteiger partial charge in [0.05, 0.1) is 13.2 Å². The highest BCUT2D eigenvalue weighted by Crippen LogP contribution is 2.12. The molecule has 6 nitrogen and oxygen atoms in total. The summed E-state index contributed by atoms with van der Waals surface area (Å²) in [6.45, 7) is 5.06. The van der Waals surface area contributed by atoms with Crippen molar-refractivity contribution < 1.29 is 28.6 Å². The highest BCUT2D eigenvalue weighted by molar-refractivity contribution is 5.77. The molecule has 0 radical (unpaired) electrons. The van der Waals surface area contributed by atoms with E-state index in [-0.39, 0.29) is 6.42 Å². The summed E-state index contributed by atoms with van der Waals surface area (Å²) in [7, 11) is 1.12. The number of hydrogen-bond acceptors (Lipinski definition) is 5. The maximum absolute atomic E-state index is 13.3. The first-order valence-corrected chi connectivity index (χ1v) is 7.12. The minimum atomic E-state index is -1.60. The number of aliphatic hydroxyl groups excluding tert-OH is 1. The second-order valence-corrected chi connectivity index (χ2v) is 6.05. The van der Waals surface area contributed by atoms with Crippen LogP contribution in [0.5, 0.6) is 0 Å². The molecule has 1 aromatic rings. The zero-order valence-electron chi connectivity index (χ0n) is 13.6. The van der Waals surface area contributed by atoms with Crippen LogP contribution < -0.4 is 5.32 Å². The summed E-state index contributed by atoms with van der Waals surface area (Å²) in [5.74, 6) is -1.35. The number of carbonyl (C=O) groups excluding carboxylic acids is 2. The van der Waals surface area contributed by atoms with Crippen LogP contribution in [0.15, 0.2) is 24.3 Å². The van der Waals surface area contributed by atoms with Gasteiger partial charge in [-0.1, -0.05) is 12.1 Å². The van der Waals surface area contributed by atoms with Crippen LogP contribution in [-0.4, -0.2) is 42.0 Å². The predicted octanol–water partition coefficient (Wildman–Crippen LogP) is 1.80. The molecule has 1 amide bonds. The Labute approximate surface area is 134 Å². The van der Waals surface area contributed by atoms with Crippen LogP contribution in [0.4, 0.5) is 9.18 Å². The minimum Gasteiger partial charge on any atom is -0.467 e. The number of hydrogen-bond donors (Lipinski definition) is 2. The molecule has 1 rings (SSSR count). The number of nitrogens with one attached hydrogen (secondary N) is 1. The molecular weight excluding hydrogens is 305 g/mol. The van der Waals surface area contributed by atoms with Gasteiger partial charge < -0.3 is 19.9 Å². The van der Waals surface area contributed by atoms with Gasteiger partial charge in [-0.2, -0.15) is 0 Å². The third-order valence-electron chi connectivity index (χ3n) is 2.87. The first-order chi connectivity index (χ1) is 10.6. The maximum Gasteiger partial charge on any atom is 0.407 e. The van der Waals surface area contributed by atoms with Gasteiger partial charge in [-0.3, -0.25) is 0 Å². The number of carbonyl (C=O) groups is 2. The molecule has 0 saturated heterocycles. The average molecular weight is 327 g/mol. The standard InChI is InChI=1S/C16H22FNO5/c1-16(2,3)23-15(21)18-12(13(19)14(20)22-4)9-10-6-5-7-11(17)8-10/h5-8,12-13,19H,9H2,1-4H3,(H,18,21)/t12-,13+/m1/s1. The monoisotopic (exact) mass is 327 g/mol. The van der Waals surface area contributed by atoms with E-state index < -0.39 is 35.6 Å². The van der Waals surface area contributed by atoms with Crippen LogP contribution in [0.25, 0.3) is 0 Å². The first-order valence-electron chi connectivity index (χ1n) is 7.12.